The Balaban J connectivity index is 2.07. The number of halogens is 1. The topological polar surface area (TPSA) is 112 Å². The summed E-state index contributed by atoms with van der Waals surface area (Å²) in [6.07, 6.45) is 0.612. The molecule has 1 saturated heterocycles. The van der Waals surface area contributed by atoms with Gasteiger partial charge in [0.25, 0.3) is 5.56 Å². The molecule has 0 unspecified atom stereocenters. The summed E-state index contributed by atoms with van der Waals surface area (Å²) < 4.78 is 21.4. The number of benzene rings is 1. The SMILES string of the molecule is CCCn1c(N)c(N2CCOCC2)c(=O)n([C@@H](C)C(=O)Nc2ccccc2F)c1=O. The van der Waals surface area contributed by atoms with Gasteiger partial charge in [-0.15, -0.1) is 0 Å². The van der Waals surface area contributed by atoms with Crippen LogP contribution in [0.15, 0.2) is 33.9 Å². The molecule has 162 valence electrons. The van der Waals surface area contributed by atoms with Gasteiger partial charge in [0.2, 0.25) is 5.91 Å². The van der Waals surface area contributed by atoms with Gasteiger partial charge in [-0.2, -0.15) is 0 Å². The van der Waals surface area contributed by atoms with E-state index in [4.69, 9.17) is 10.5 Å². The van der Waals surface area contributed by atoms with Crippen LogP contribution in [-0.4, -0.2) is 41.3 Å². The molecule has 1 fully saturated rings. The van der Waals surface area contributed by atoms with Gasteiger partial charge in [0.1, 0.15) is 23.4 Å². The second-order valence-electron chi connectivity index (χ2n) is 7.09. The maximum absolute atomic E-state index is 13.9. The van der Waals surface area contributed by atoms with Crippen LogP contribution in [-0.2, 0) is 16.1 Å². The van der Waals surface area contributed by atoms with Gasteiger partial charge in [0, 0.05) is 19.6 Å². The number of carbonyl (C=O) groups is 1. The number of aromatic nitrogens is 2. The van der Waals surface area contributed by atoms with Crippen molar-refractivity contribution in [1.82, 2.24) is 9.13 Å². The summed E-state index contributed by atoms with van der Waals surface area (Å²) in [7, 11) is 0. The van der Waals surface area contributed by atoms with Crippen molar-refractivity contribution in [3.8, 4) is 0 Å². The zero-order valence-corrected chi connectivity index (χ0v) is 17.1. The predicted octanol–water partition coefficient (Wildman–Crippen LogP) is 1.18. The normalized spacial score (nSPS) is 15.1. The first-order valence-electron chi connectivity index (χ1n) is 9.89. The summed E-state index contributed by atoms with van der Waals surface area (Å²) in [5.74, 6) is -1.22. The first kappa shape index (κ1) is 21.6. The fraction of sp³-hybridized carbons (Fsp3) is 0.450. The number of carbonyl (C=O) groups excluding carboxylic acids is 1. The minimum atomic E-state index is -1.17. The molecule has 2 heterocycles. The van der Waals surface area contributed by atoms with Crippen LogP contribution in [0.25, 0.3) is 0 Å². The van der Waals surface area contributed by atoms with Crippen molar-refractivity contribution in [1.29, 1.82) is 0 Å². The largest absolute Gasteiger partial charge is 0.383 e. The monoisotopic (exact) mass is 419 g/mol. The highest BCUT2D eigenvalue weighted by molar-refractivity contribution is 5.93. The van der Waals surface area contributed by atoms with Crippen LogP contribution in [0.4, 0.5) is 21.6 Å². The summed E-state index contributed by atoms with van der Waals surface area (Å²) in [6.45, 7) is 5.34. The van der Waals surface area contributed by atoms with E-state index >= 15 is 0 Å². The van der Waals surface area contributed by atoms with Gasteiger partial charge in [-0.05, 0) is 25.5 Å². The molecule has 3 rings (SSSR count). The second-order valence-corrected chi connectivity index (χ2v) is 7.09. The molecule has 1 aliphatic heterocycles. The highest BCUT2D eigenvalue weighted by Gasteiger charge is 2.28. The van der Waals surface area contributed by atoms with E-state index in [1.165, 1.54) is 29.7 Å². The Bertz CT molecular complexity index is 1040. The van der Waals surface area contributed by atoms with Crippen LogP contribution < -0.4 is 27.2 Å². The number of nitrogens with one attached hydrogen (secondary N) is 1. The Morgan fingerprint density at radius 1 is 1.27 bits per heavy atom. The summed E-state index contributed by atoms with van der Waals surface area (Å²) in [6, 6.07) is 4.51. The molecule has 3 N–H and O–H groups in total. The third kappa shape index (κ3) is 4.09. The Labute approximate surface area is 172 Å². The number of hydrogen-bond acceptors (Lipinski definition) is 6. The van der Waals surface area contributed by atoms with Crippen molar-refractivity contribution < 1.29 is 13.9 Å². The minimum absolute atomic E-state index is 0.0277. The summed E-state index contributed by atoms with van der Waals surface area (Å²) in [5, 5.41) is 2.44. The molecular formula is C20H26FN5O4. The Kier molecular flexibility index (Phi) is 6.56. The number of nitrogens with two attached hydrogens (primary N) is 1. The van der Waals surface area contributed by atoms with E-state index in [-0.39, 0.29) is 17.2 Å². The second kappa shape index (κ2) is 9.12. The molecule has 1 aromatic carbocycles. The van der Waals surface area contributed by atoms with Crippen molar-refractivity contribution >= 4 is 23.1 Å². The number of nitrogen functional groups attached to an aromatic ring is 1. The molecule has 10 heteroatoms. The zero-order valence-electron chi connectivity index (χ0n) is 17.1. The lowest BCUT2D eigenvalue weighted by Gasteiger charge is -2.30. The predicted molar refractivity (Wildman–Crippen MR) is 112 cm³/mol. The highest BCUT2D eigenvalue weighted by atomic mass is 19.1. The van der Waals surface area contributed by atoms with E-state index in [2.05, 4.69) is 5.32 Å². The standard InChI is InChI=1S/C20H26FN5O4/c1-3-8-25-17(22)16(24-9-11-30-12-10-24)19(28)26(20(25)29)13(2)18(27)23-15-7-5-4-6-14(15)21/h4-7,13H,3,8-12,22H2,1-2H3,(H,23,27)/t13-/m0/s1. The van der Waals surface area contributed by atoms with Crippen LogP contribution in [0, 0.1) is 5.82 Å². The van der Waals surface area contributed by atoms with Gasteiger partial charge in [-0.3, -0.25) is 14.2 Å². The number of para-hydroxylation sites is 1. The third-order valence-corrected chi connectivity index (χ3v) is 5.06. The van der Waals surface area contributed by atoms with E-state index in [9.17, 15) is 18.8 Å². The molecule has 1 atom stereocenters. The van der Waals surface area contributed by atoms with Crippen LogP contribution in [0.3, 0.4) is 0 Å². The lowest BCUT2D eigenvalue weighted by atomic mass is 10.2. The Morgan fingerprint density at radius 2 is 1.93 bits per heavy atom. The van der Waals surface area contributed by atoms with Crippen molar-refractivity contribution in [3.05, 3.63) is 50.9 Å². The van der Waals surface area contributed by atoms with E-state index in [0.29, 0.717) is 39.3 Å². The average molecular weight is 419 g/mol. The van der Waals surface area contributed by atoms with E-state index in [0.717, 1.165) is 4.57 Å². The minimum Gasteiger partial charge on any atom is -0.383 e. The van der Waals surface area contributed by atoms with Crippen molar-refractivity contribution in [2.24, 2.45) is 0 Å². The summed E-state index contributed by atoms with van der Waals surface area (Å²) >= 11 is 0. The fourth-order valence-corrected chi connectivity index (χ4v) is 3.45. The first-order chi connectivity index (χ1) is 14.4. The van der Waals surface area contributed by atoms with Gasteiger partial charge >= 0.3 is 5.69 Å². The summed E-state index contributed by atoms with van der Waals surface area (Å²) in [4.78, 5) is 40.8. The van der Waals surface area contributed by atoms with E-state index < -0.39 is 29.0 Å². The molecule has 9 nitrogen and oxygen atoms in total. The average Bonchev–Trinajstić information content (AvgIpc) is 2.73. The van der Waals surface area contributed by atoms with Gasteiger partial charge in [-0.1, -0.05) is 19.1 Å². The molecule has 0 radical (unpaired) electrons. The Hall–Kier alpha value is -3.14. The lowest BCUT2D eigenvalue weighted by Crippen LogP contribution is -2.49. The van der Waals surface area contributed by atoms with Crippen LogP contribution in [0.5, 0.6) is 0 Å². The van der Waals surface area contributed by atoms with Crippen molar-refractivity contribution in [2.45, 2.75) is 32.9 Å². The van der Waals surface area contributed by atoms with Crippen molar-refractivity contribution in [3.63, 3.8) is 0 Å². The third-order valence-electron chi connectivity index (χ3n) is 5.06. The van der Waals surface area contributed by atoms with Crippen LogP contribution >= 0.6 is 0 Å². The molecule has 2 aromatic rings. The zero-order chi connectivity index (χ0) is 21.8. The number of amides is 1. The van der Waals surface area contributed by atoms with E-state index in [1.54, 1.807) is 11.0 Å². The number of hydrogen-bond donors (Lipinski definition) is 2. The maximum Gasteiger partial charge on any atom is 0.333 e. The van der Waals surface area contributed by atoms with Gasteiger partial charge in [0.15, 0.2) is 0 Å². The quantitative estimate of drug-likeness (QED) is 0.727. The lowest BCUT2D eigenvalue weighted by molar-refractivity contribution is -0.119. The summed E-state index contributed by atoms with van der Waals surface area (Å²) in [5.41, 5.74) is 5.03. The molecule has 1 aliphatic rings. The van der Waals surface area contributed by atoms with E-state index in [1.807, 2.05) is 6.92 Å². The van der Waals surface area contributed by atoms with Crippen molar-refractivity contribution in [2.75, 3.05) is 42.3 Å². The molecular weight excluding hydrogens is 393 g/mol. The molecule has 30 heavy (non-hydrogen) atoms. The molecule has 0 saturated carbocycles. The molecule has 0 aliphatic carbocycles. The number of morpholine rings is 1. The molecule has 1 aromatic heterocycles. The van der Waals surface area contributed by atoms with Gasteiger partial charge in [0.05, 0.1) is 18.9 Å². The number of anilines is 3. The highest BCUT2D eigenvalue weighted by Crippen LogP contribution is 2.20. The smallest absolute Gasteiger partial charge is 0.333 e. The van der Waals surface area contributed by atoms with Crippen LogP contribution in [0.1, 0.15) is 26.3 Å². The van der Waals surface area contributed by atoms with Gasteiger partial charge < -0.3 is 20.7 Å². The van der Waals surface area contributed by atoms with Crippen LogP contribution in [0.2, 0.25) is 0 Å². The Morgan fingerprint density at radius 3 is 2.57 bits per heavy atom. The number of rotatable bonds is 6. The molecule has 0 bridgehead atoms. The first-order valence-corrected chi connectivity index (χ1v) is 9.89. The maximum atomic E-state index is 13.9. The van der Waals surface area contributed by atoms with Gasteiger partial charge in [-0.25, -0.2) is 13.8 Å². The number of ether oxygens (including phenoxy) is 1. The number of nitrogens with zero attached hydrogens (tertiary/aromatic N) is 3. The molecule has 0 spiro atoms. The fourth-order valence-electron chi connectivity index (χ4n) is 3.45. The molecule has 1 amide bonds.